The number of nitrogens with zero attached hydrogens (tertiary/aromatic N) is 1. The van der Waals surface area contributed by atoms with Crippen molar-refractivity contribution >= 4 is 29.1 Å². The zero-order valence-electron chi connectivity index (χ0n) is 15.7. The molecule has 1 N–H and O–H groups in total. The number of nitrogens with one attached hydrogen (secondary N) is 1. The van der Waals surface area contributed by atoms with E-state index in [4.69, 9.17) is 11.6 Å². The fourth-order valence-corrected chi connectivity index (χ4v) is 2.89. The van der Waals surface area contributed by atoms with E-state index in [9.17, 15) is 9.59 Å². The smallest absolute Gasteiger partial charge is 0.256 e. The Morgan fingerprint density at radius 1 is 1.12 bits per heavy atom. The molecule has 0 saturated heterocycles. The second-order valence-corrected chi connectivity index (χ2v) is 6.87. The summed E-state index contributed by atoms with van der Waals surface area (Å²) in [6, 6.07) is 12.6. The van der Waals surface area contributed by atoms with E-state index in [-0.39, 0.29) is 24.4 Å². The lowest BCUT2D eigenvalue weighted by atomic mass is 10.1. The molecule has 0 bridgehead atoms. The van der Waals surface area contributed by atoms with Crippen LogP contribution in [0.2, 0.25) is 5.02 Å². The first-order chi connectivity index (χ1) is 12.3. The number of halogens is 1. The summed E-state index contributed by atoms with van der Waals surface area (Å²) in [7, 11) is 0. The molecule has 26 heavy (non-hydrogen) atoms. The number of aryl methyl sites for hydroxylation is 1. The van der Waals surface area contributed by atoms with Crippen molar-refractivity contribution in [1.82, 2.24) is 4.90 Å². The lowest BCUT2D eigenvalue weighted by Crippen LogP contribution is -2.43. The molecule has 0 spiro atoms. The molecule has 0 saturated carbocycles. The van der Waals surface area contributed by atoms with Crippen LogP contribution < -0.4 is 5.32 Å². The number of carbonyl (C=O) groups excluding carboxylic acids is 2. The summed E-state index contributed by atoms with van der Waals surface area (Å²) in [6.07, 6.45) is 0.743. The van der Waals surface area contributed by atoms with E-state index in [0.29, 0.717) is 10.6 Å². The first-order valence-corrected chi connectivity index (χ1v) is 9.14. The van der Waals surface area contributed by atoms with Gasteiger partial charge in [-0.3, -0.25) is 9.59 Å². The van der Waals surface area contributed by atoms with E-state index in [1.165, 1.54) is 0 Å². The van der Waals surface area contributed by atoms with Crippen LogP contribution in [0.25, 0.3) is 0 Å². The van der Waals surface area contributed by atoms with Crippen molar-refractivity contribution in [2.24, 2.45) is 0 Å². The Kier molecular flexibility index (Phi) is 6.81. The van der Waals surface area contributed by atoms with Crippen LogP contribution in [0.1, 0.15) is 41.8 Å². The Balaban J connectivity index is 2.20. The molecule has 1 atom stereocenters. The number of hydrogen-bond acceptors (Lipinski definition) is 2. The highest BCUT2D eigenvalue weighted by atomic mass is 35.5. The third kappa shape index (κ3) is 4.64. The monoisotopic (exact) mass is 372 g/mol. The largest absolute Gasteiger partial charge is 0.327 e. The van der Waals surface area contributed by atoms with Gasteiger partial charge < -0.3 is 10.2 Å². The number of anilines is 1. The topological polar surface area (TPSA) is 49.4 Å². The highest BCUT2D eigenvalue weighted by Crippen LogP contribution is 2.20. The predicted molar refractivity (Wildman–Crippen MR) is 107 cm³/mol. The fraction of sp³-hybridized carbons (Fsp3) is 0.333. The molecule has 4 nitrogen and oxygen atoms in total. The fourth-order valence-electron chi connectivity index (χ4n) is 2.67. The lowest BCUT2D eigenvalue weighted by molar-refractivity contribution is -0.117. The molecule has 1 unspecified atom stereocenters. The molecule has 0 aromatic heterocycles. The molecule has 2 rings (SSSR count). The highest BCUT2D eigenvalue weighted by Gasteiger charge is 2.24. The van der Waals surface area contributed by atoms with Crippen molar-refractivity contribution in [2.45, 2.75) is 40.2 Å². The Morgan fingerprint density at radius 3 is 2.46 bits per heavy atom. The van der Waals surface area contributed by atoms with Crippen LogP contribution in [0.4, 0.5) is 5.69 Å². The van der Waals surface area contributed by atoms with Gasteiger partial charge in [-0.15, -0.1) is 0 Å². The molecule has 0 aliphatic rings. The minimum Gasteiger partial charge on any atom is -0.327 e. The lowest BCUT2D eigenvalue weighted by Gasteiger charge is -2.28. The van der Waals surface area contributed by atoms with Gasteiger partial charge >= 0.3 is 0 Å². The van der Waals surface area contributed by atoms with E-state index in [1.54, 1.807) is 29.2 Å². The summed E-state index contributed by atoms with van der Waals surface area (Å²) in [4.78, 5) is 27.1. The molecule has 2 aromatic carbocycles. The normalized spacial score (nSPS) is 11.7. The third-order valence-electron chi connectivity index (χ3n) is 4.68. The van der Waals surface area contributed by atoms with Crippen LogP contribution in [0.3, 0.4) is 0 Å². The van der Waals surface area contributed by atoms with Gasteiger partial charge in [0.1, 0.15) is 6.54 Å². The van der Waals surface area contributed by atoms with Gasteiger partial charge in [-0.05, 0) is 56.5 Å². The number of hydrogen-bond donors (Lipinski definition) is 1. The summed E-state index contributed by atoms with van der Waals surface area (Å²) < 4.78 is 0. The van der Waals surface area contributed by atoms with Gasteiger partial charge in [0.05, 0.1) is 10.6 Å². The van der Waals surface area contributed by atoms with Crippen molar-refractivity contribution in [1.29, 1.82) is 0 Å². The number of carbonyl (C=O) groups is 2. The van der Waals surface area contributed by atoms with Crippen molar-refractivity contribution in [3.8, 4) is 0 Å². The van der Waals surface area contributed by atoms with Crippen molar-refractivity contribution in [3.63, 3.8) is 0 Å². The van der Waals surface area contributed by atoms with Gasteiger partial charge in [-0.2, -0.15) is 0 Å². The third-order valence-corrected chi connectivity index (χ3v) is 5.01. The molecule has 138 valence electrons. The molecule has 0 fully saturated rings. The first-order valence-electron chi connectivity index (χ1n) is 8.76. The van der Waals surface area contributed by atoms with Gasteiger partial charge in [0.25, 0.3) is 5.91 Å². The summed E-state index contributed by atoms with van der Waals surface area (Å²) in [6.45, 7) is 7.86. The van der Waals surface area contributed by atoms with Gasteiger partial charge in [-0.25, -0.2) is 0 Å². The predicted octanol–water partition coefficient (Wildman–Crippen LogP) is 4.84. The van der Waals surface area contributed by atoms with Crippen LogP contribution in [0.5, 0.6) is 0 Å². The summed E-state index contributed by atoms with van der Waals surface area (Å²) in [5, 5.41) is 3.31. The van der Waals surface area contributed by atoms with E-state index in [0.717, 1.165) is 23.2 Å². The highest BCUT2D eigenvalue weighted by molar-refractivity contribution is 6.33. The Morgan fingerprint density at radius 2 is 1.81 bits per heavy atom. The standard InChI is InChI=1S/C21H25ClN2O2/c1-5-15(3)24(21(26)17-10-6-7-11-18(17)22)13-20(25)23-19-12-8-9-14(2)16(19)4/h6-12,15H,5,13H2,1-4H3,(H,23,25). The zero-order valence-corrected chi connectivity index (χ0v) is 16.4. The SMILES string of the molecule is CCC(C)N(CC(=O)Nc1cccc(C)c1C)C(=O)c1ccccc1Cl. The Labute approximate surface area is 160 Å². The Bertz CT molecular complexity index is 804. The summed E-state index contributed by atoms with van der Waals surface area (Å²) in [5.41, 5.74) is 3.31. The van der Waals surface area contributed by atoms with E-state index in [1.807, 2.05) is 45.9 Å². The van der Waals surface area contributed by atoms with Crippen molar-refractivity contribution in [2.75, 3.05) is 11.9 Å². The second-order valence-electron chi connectivity index (χ2n) is 6.47. The zero-order chi connectivity index (χ0) is 19.3. The van der Waals surface area contributed by atoms with E-state index in [2.05, 4.69) is 5.32 Å². The van der Waals surface area contributed by atoms with Crippen molar-refractivity contribution < 1.29 is 9.59 Å². The molecule has 0 aliphatic carbocycles. The average Bonchev–Trinajstić information content (AvgIpc) is 2.63. The minimum atomic E-state index is -0.235. The van der Waals surface area contributed by atoms with Crippen LogP contribution in [0, 0.1) is 13.8 Å². The van der Waals surface area contributed by atoms with E-state index >= 15 is 0 Å². The van der Waals surface area contributed by atoms with Gasteiger partial charge in [0, 0.05) is 11.7 Å². The summed E-state index contributed by atoms with van der Waals surface area (Å²) >= 11 is 6.17. The summed E-state index contributed by atoms with van der Waals surface area (Å²) in [5.74, 6) is -0.458. The van der Waals surface area contributed by atoms with Gasteiger partial charge in [-0.1, -0.05) is 42.8 Å². The quantitative estimate of drug-likeness (QED) is 0.789. The molecule has 0 heterocycles. The molecule has 2 aromatic rings. The average molecular weight is 373 g/mol. The van der Waals surface area contributed by atoms with Crippen molar-refractivity contribution in [3.05, 3.63) is 64.2 Å². The minimum absolute atomic E-state index is 0.0214. The number of rotatable bonds is 6. The maximum absolute atomic E-state index is 12.9. The molecule has 0 radical (unpaired) electrons. The van der Waals surface area contributed by atoms with Crippen LogP contribution in [0.15, 0.2) is 42.5 Å². The second kappa shape index (κ2) is 8.86. The number of benzene rings is 2. The molecular formula is C21H25ClN2O2. The molecule has 2 amide bonds. The first kappa shape index (κ1) is 20.0. The maximum Gasteiger partial charge on any atom is 0.256 e. The molecule has 5 heteroatoms. The molecular weight excluding hydrogens is 348 g/mol. The van der Waals surface area contributed by atoms with E-state index < -0.39 is 0 Å². The molecule has 0 aliphatic heterocycles. The van der Waals surface area contributed by atoms with Crippen LogP contribution in [-0.4, -0.2) is 29.3 Å². The van der Waals surface area contributed by atoms with Gasteiger partial charge in [0.2, 0.25) is 5.91 Å². The van der Waals surface area contributed by atoms with Crippen LogP contribution >= 0.6 is 11.6 Å². The Hall–Kier alpha value is -2.33. The van der Waals surface area contributed by atoms with Crippen LogP contribution in [-0.2, 0) is 4.79 Å². The van der Waals surface area contributed by atoms with Gasteiger partial charge in [0.15, 0.2) is 0 Å². The maximum atomic E-state index is 12.9. The number of amides is 2.